The molecule has 0 heterocycles. The van der Waals surface area contributed by atoms with Crippen LogP contribution in [-0.2, 0) is 14.8 Å². The monoisotopic (exact) mass is 248 g/mol. The second-order valence-corrected chi connectivity index (χ2v) is 5.05. The molecule has 0 aliphatic carbocycles. The highest BCUT2D eigenvalue weighted by molar-refractivity contribution is 7.90. The van der Waals surface area contributed by atoms with E-state index in [1.54, 1.807) is 0 Å². The lowest BCUT2D eigenvalue weighted by molar-refractivity contribution is -0.186. The zero-order valence-corrected chi connectivity index (χ0v) is 8.87. The van der Waals surface area contributed by atoms with Crippen LogP contribution < -0.4 is 10.5 Å². The van der Waals surface area contributed by atoms with Gasteiger partial charge in [0, 0.05) is 0 Å². The summed E-state index contributed by atoms with van der Waals surface area (Å²) in [7, 11) is -4.04. The van der Waals surface area contributed by atoms with E-state index in [9.17, 15) is 26.4 Å². The van der Waals surface area contributed by atoms with Gasteiger partial charge in [0.05, 0.1) is 5.75 Å². The Morgan fingerprint density at radius 3 is 2.07 bits per heavy atom. The van der Waals surface area contributed by atoms with Crippen LogP contribution in [0.25, 0.3) is 0 Å². The first kappa shape index (κ1) is 14.2. The molecule has 0 fully saturated rings. The van der Waals surface area contributed by atoms with Crippen molar-refractivity contribution >= 4 is 15.9 Å². The molecule has 9 heteroatoms. The molecule has 90 valence electrons. The van der Waals surface area contributed by atoms with Crippen molar-refractivity contribution in [2.75, 3.05) is 5.75 Å². The standard InChI is InChI=1S/C6H11F3N2O3S/c1-3-15(13,14)11-4(12)5(2,10)6(7,8)9/h3,10H2,1-2H3,(H,11,12). The molecule has 0 spiro atoms. The van der Waals surface area contributed by atoms with Gasteiger partial charge < -0.3 is 5.73 Å². The molecule has 0 bridgehead atoms. The second kappa shape index (κ2) is 3.97. The van der Waals surface area contributed by atoms with Gasteiger partial charge in [0.15, 0.2) is 5.54 Å². The molecule has 0 saturated carbocycles. The summed E-state index contributed by atoms with van der Waals surface area (Å²) in [6.45, 7) is 1.57. The third-order valence-electron chi connectivity index (χ3n) is 1.69. The summed E-state index contributed by atoms with van der Waals surface area (Å²) >= 11 is 0. The van der Waals surface area contributed by atoms with E-state index >= 15 is 0 Å². The van der Waals surface area contributed by atoms with Crippen molar-refractivity contribution in [3.8, 4) is 0 Å². The quantitative estimate of drug-likeness (QED) is 0.719. The van der Waals surface area contributed by atoms with Crippen LogP contribution in [0.5, 0.6) is 0 Å². The number of nitrogens with two attached hydrogens (primary N) is 1. The molecule has 0 radical (unpaired) electrons. The number of carbonyl (C=O) groups is 1. The van der Waals surface area contributed by atoms with Gasteiger partial charge in [-0.25, -0.2) is 8.42 Å². The Morgan fingerprint density at radius 2 is 1.80 bits per heavy atom. The third-order valence-corrected chi connectivity index (χ3v) is 2.95. The Labute approximate surface area is 84.9 Å². The van der Waals surface area contributed by atoms with Crippen LogP contribution in [0, 0.1) is 0 Å². The van der Waals surface area contributed by atoms with Crippen LogP contribution in [0.1, 0.15) is 13.8 Å². The van der Waals surface area contributed by atoms with Gasteiger partial charge in [0.2, 0.25) is 10.0 Å². The molecule has 0 aromatic carbocycles. The zero-order valence-electron chi connectivity index (χ0n) is 8.05. The van der Waals surface area contributed by atoms with Gasteiger partial charge >= 0.3 is 6.18 Å². The topological polar surface area (TPSA) is 89.3 Å². The molecule has 3 N–H and O–H groups in total. The van der Waals surface area contributed by atoms with Crippen molar-refractivity contribution in [1.82, 2.24) is 4.72 Å². The fourth-order valence-corrected chi connectivity index (χ4v) is 1.09. The molecule has 0 saturated heterocycles. The van der Waals surface area contributed by atoms with E-state index in [1.165, 1.54) is 11.6 Å². The normalized spacial score (nSPS) is 16.9. The van der Waals surface area contributed by atoms with Crippen LogP contribution in [-0.4, -0.2) is 31.8 Å². The third kappa shape index (κ3) is 3.34. The maximum absolute atomic E-state index is 12.2. The Hall–Kier alpha value is -0.830. The number of hydrogen-bond acceptors (Lipinski definition) is 4. The Bertz CT molecular complexity index is 347. The number of rotatable bonds is 3. The maximum atomic E-state index is 12.2. The smallest absolute Gasteiger partial charge is 0.310 e. The van der Waals surface area contributed by atoms with Crippen LogP contribution in [0.2, 0.25) is 0 Å². The summed E-state index contributed by atoms with van der Waals surface area (Å²) < 4.78 is 59.4. The second-order valence-electron chi connectivity index (χ2n) is 3.03. The van der Waals surface area contributed by atoms with Crippen molar-refractivity contribution in [2.45, 2.75) is 25.6 Å². The number of carbonyl (C=O) groups excluding carboxylic acids is 1. The molecule has 0 aliphatic heterocycles. The molecular formula is C6H11F3N2O3S. The summed E-state index contributed by atoms with van der Waals surface area (Å²) in [5.74, 6) is -2.30. The van der Waals surface area contributed by atoms with Crippen LogP contribution in [0.3, 0.4) is 0 Å². The fourth-order valence-electron chi connectivity index (χ4n) is 0.448. The molecule has 0 aromatic rings. The number of hydrogen-bond donors (Lipinski definition) is 2. The molecule has 15 heavy (non-hydrogen) atoms. The maximum Gasteiger partial charge on any atom is 0.415 e. The lowest BCUT2D eigenvalue weighted by Crippen LogP contribution is -2.62. The van der Waals surface area contributed by atoms with Gasteiger partial charge in [-0.05, 0) is 13.8 Å². The summed E-state index contributed by atoms with van der Waals surface area (Å²) in [6.07, 6.45) is -5.01. The lowest BCUT2D eigenvalue weighted by atomic mass is 10.0. The minimum absolute atomic E-state index is 0.396. The van der Waals surface area contributed by atoms with E-state index < -0.39 is 33.4 Å². The summed E-state index contributed by atoms with van der Waals surface area (Å²) in [5, 5.41) is 0. The van der Waals surface area contributed by atoms with Crippen LogP contribution in [0.4, 0.5) is 13.2 Å². The van der Waals surface area contributed by atoms with E-state index in [1.807, 2.05) is 0 Å². The van der Waals surface area contributed by atoms with Crippen molar-refractivity contribution in [3.63, 3.8) is 0 Å². The molecule has 0 aliphatic rings. The molecular weight excluding hydrogens is 237 g/mol. The molecule has 0 aromatic heterocycles. The lowest BCUT2D eigenvalue weighted by Gasteiger charge is -2.25. The largest absolute Gasteiger partial charge is 0.415 e. The predicted molar refractivity (Wildman–Crippen MR) is 46.3 cm³/mol. The number of halogens is 3. The SMILES string of the molecule is CCS(=O)(=O)NC(=O)C(C)(N)C(F)(F)F. The summed E-state index contributed by atoms with van der Waals surface area (Å²) in [4.78, 5) is 11.0. The number of amides is 1. The van der Waals surface area contributed by atoms with Crippen molar-refractivity contribution in [1.29, 1.82) is 0 Å². The summed E-state index contributed by atoms with van der Waals surface area (Å²) in [6, 6.07) is 0. The zero-order chi connectivity index (χ0) is 12.5. The first-order valence-electron chi connectivity index (χ1n) is 3.84. The van der Waals surface area contributed by atoms with Gasteiger partial charge in [-0.1, -0.05) is 0 Å². The number of alkyl halides is 3. The predicted octanol–water partition coefficient (Wildman–Crippen LogP) is -0.268. The van der Waals surface area contributed by atoms with E-state index in [2.05, 4.69) is 0 Å². The number of nitrogens with one attached hydrogen (secondary N) is 1. The minimum Gasteiger partial charge on any atom is -0.310 e. The minimum atomic E-state index is -5.01. The van der Waals surface area contributed by atoms with Crippen molar-refractivity contribution in [2.24, 2.45) is 5.73 Å². The van der Waals surface area contributed by atoms with Gasteiger partial charge in [-0.2, -0.15) is 13.2 Å². The molecule has 5 nitrogen and oxygen atoms in total. The van der Waals surface area contributed by atoms with Crippen molar-refractivity contribution < 1.29 is 26.4 Å². The van der Waals surface area contributed by atoms with E-state index in [0.717, 1.165) is 0 Å². The highest BCUT2D eigenvalue weighted by Crippen LogP contribution is 2.28. The molecule has 1 atom stereocenters. The molecule has 0 rings (SSSR count). The Balaban J connectivity index is 4.90. The highest BCUT2D eigenvalue weighted by atomic mass is 32.2. The van der Waals surface area contributed by atoms with Crippen molar-refractivity contribution in [3.05, 3.63) is 0 Å². The van der Waals surface area contributed by atoms with Gasteiger partial charge in [-0.3, -0.25) is 9.52 Å². The van der Waals surface area contributed by atoms with E-state index in [4.69, 9.17) is 5.73 Å². The van der Waals surface area contributed by atoms with Crippen LogP contribution >= 0.6 is 0 Å². The molecule has 1 unspecified atom stereocenters. The Kier molecular flexibility index (Phi) is 3.75. The van der Waals surface area contributed by atoms with Gasteiger partial charge in [0.25, 0.3) is 5.91 Å². The first-order chi connectivity index (χ1) is 6.44. The van der Waals surface area contributed by atoms with E-state index in [-0.39, 0.29) is 0 Å². The Morgan fingerprint density at radius 1 is 1.40 bits per heavy atom. The molecule has 1 amide bonds. The average molecular weight is 248 g/mol. The van der Waals surface area contributed by atoms with E-state index in [0.29, 0.717) is 6.92 Å². The van der Waals surface area contributed by atoms with Crippen LogP contribution in [0.15, 0.2) is 0 Å². The van der Waals surface area contributed by atoms with Gasteiger partial charge in [0.1, 0.15) is 0 Å². The first-order valence-corrected chi connectivity index (χ1v) is 5.50. The van der Waals surface area contributed by atoms with Gasteiger partial charge in [-0.15, -0.1) is 0 Å². The highest BCUT2D eigenvalue weighted by Gasteiger charge is 2.54. The number of sulfonamides is 1. The average Bonchev–Trinajstić information content (AvgIpc) is 2.01. The fraction of sp³-hybridized carbons (Fsp3) is 0.833. The summed E-state index contributed by atoms with van der Waals surface area (Å²) in [5.41, 5.74) is 1.47.